The molecule has 0 saturated carbocycles. The largest absolute Gasteiger partial charge is 0.0991 e. The second kappa shape index (κ2) is 14.6. The molecular formula is C24H46Si. The van der Waals surface area contributed by atoms with E-state index in [1.54, 1.807) is 0 Å². The molecule has 25 heavy (non-hydrogen) atoms. The van der Waals surface area contributed by atoms with E-state index < -0.39 is 8.07 Å². The first kappa shape index (κ1) is 24.4. The highest BCUT2D eigenvalue weighted by Crippen LogP contribution is 2.27. The van der Waals surface area contributed by atoms with Gasteiger partial charge in [-0.1, -0.05) is 116 Å². The Bertz CT molecular complexity index is 370. The molecule has 0 fully saturated rings. The summed E-state index contributed by atoms with van der Waals surface area (Å²) < 4.78 is 0. The minimum atomic E-state index is -0.990. The topological polar surface area (TPSA) is 0 Å². The predicted octanol–water partition coefficient (Wildman–Crippen LogP) is 8.65. The molecule has 0 spiro atoms. The van der Waals surface area contributed by atoms with Crippen LogP contribution >= 0.6 is 0 Å². The molecule has 0 aromatic heterocycles. The van der Waals surface area contributed by atoms with Gasteiger partial charge in [-0.05, 0) is 37.0 Å². The van der Waals surface area contributed by atoms with Gasteiger partial charge in [0.15, 0.2) is 0 Å². The van der Waals surface area contributed by atoms with Crippen molar-refractivity contribution < 1.29 is 0 Å². The van der Waals surface area contributed by atoms with Crippen molar-refractivity contribution in [3.05, 3.63) is 37.0 Å². The van der Waals surface area contributed by atoms with Crippen molar-refractivity contribution in [2.45, 2.75) is 97.8 Å². The molecule has 2 unspecified atom stereocenters. The Morgan fingerprint density at radius 3 is 2.12 bits per heavy atom. The van der Waals surface area contributed by atoms with Gasteiger partial charge in [0.05, 0.1) is 0 Å². The van der Waals surface area contributed by atoms with Crippen LogP contribution in [0.3, 0.4) is 0 Å². The van der Waals surface area contributed by atoms with Crippen molar-refractivity contribution in [1.29, 1.82) is 0 Å². The molecule has 0 aliphatic carbocycles. The smallest absolute Gasteiger partial charge is 0.0445 e. The molecule has 0 aromatic rings. The second-order valence-corrected chi connectivity index (χ2v) is 15.0. The minimum absolute atomic E-state index is 0.664. The first-order valence-electron chi connectivity index (χ1n) is 10.7. The zero-order valence-electron chi connectivity index (χ0n) is 18.2. The average molecular weight is 363 g/mol. The summed E-state index contributed by atoms with van der Waals surface area (Å²) in [5.41, 5.74) is 0. The van der Waals surface area contributed by atoms with Crippen LogP contribution in [-0.4, -0.2) is 8.07 Å². The summed E-state index contributed by atoms with van der Waals surface area (Å²) in [5.74, 6) is 2.31. The maximum Gasteiger partial charge on any atom is 0.0445 e. The predicted molar refractivity (Wildman–Crippen MR) is 121 cm³/mol. The lowest BCUT2D eigenvalue weighted by atomic mass is 9.91. The van der Waals surface area contributed by atoms with Crippen molar-refractivity contribution in [1.82, 2.24) is 0 Å². The lowest BCUT2D eigenvalue weighted by Crippen LogP contribution is -2.25. The third-order valence-corrected chi connectivity index (χ3v) is 6.76. The molecule has 0 N–H and O–H groups in total. The molecule has 0 saturated heterocycles. The van der Waals surface area contributed by atoms with Crippen LogP contribution in [0.4, 0.5) is 0 Å². The molecule has 0 radical (unpaired) electrons. The van der Waals surface area contributed by atoms with Crippen LogP contribution in [0.1, 0.15) is 72.1 Å². The lowest BCUT2D eigenvalue weighted by Gasteiger charge is -2.26. The molecule has 0 rings (SSSR count). The Morgan fingerprint density at radius 2 is 1.52 bits per heavy atom. The minimum Gasteiger partial charge on any atom is -0.0991 e. The monoisotopic (exact) mass is 362 g/mol. The van der Waals surface area contributed by atoms with Gasteiger partial charge in [0, 0.05) is 8.07 Å². The average Bonchev–Trinajstić information content (AvgIpc) is 2.49. The lowest BCUT2D eigenvalue weighted by molar-refractivity contribution is 0.464. The van der Waals surface area contributed by atoms with Gasteiger partial charge in [-0.2, -0.15) is 0 Å². The van der Waals surface area contributed by atoms with Gasteiger partial charge in [0.2, 0.25) is 0 Å². The highest BCUT2D eigenvalue weighted by Gasteiger charge is 2.21. The fourth-order valence-electron chi connectivity index (χ4n) is 3.56. The molecule has 0 heterocycles. The SMILES string of the molecule is C=C/C=C/C(C/C=C/CCCCCCCC(C)C)C(C)C[Si](C)(C)C. The zero-order valence-corrected chi connectivity index (χ0v) is 19.2. The highest BCUT2D eigenvalue weighted by molar-refractivity contribution is 6.76. The van der Waals surface area contributed by atoms with Gasteiger partial charge in [0.1, 0.15) is 0 Å². The third kappa shape index (κ3) is 16.6. The van der Waals surface area contributed by atoms with Gasteiger partial charge in [-0.25, -0.2) is 0 Å². The van der Waals surface area contributed by atoms with Crippen LogP contribution in [0.15, 0.2) is 37.0 Å². The van der Waals surface area contributed by atoms with Gasteiger partial charge < -0.3 is 0 Å². The molecule has 0 amide bonds. The van der Waals surface area contributed by atoms with E-state index in [9.17, 15) is 0 Å². The quantitative estimate of drug-likeness (QED) is 0.118. The number of hydrogen-bond acceptors (Lipinski definition) is 0. The van der Waals surface area contributed by atoms with Crippen molar-refractivity contribution in [3.8, 4) is 0 Å². The van der Waals surface area contributed by atoms with Crippen LogP contribution in [-0.2, 0) is 0 Å². The molecule has 0 nitrogen and oxygen atoms in total. The Hall–Kier alpha value is -0.563. The molecule has 146 valence electrons. The Kier molecular flexibility index (Phi) is 14.3. The summed E-state index contributed by atoms with van der Waals surface area (Å²) in [6.45, 7) is 18.4. The van der Waals surface area contributed by atoms with Crippen LogP contribution in [0.2, 0.25) is 25.7 Å². The molecule has 0 aromatic carbocycles. The molecular weight excluding hydrogens is 316 g/mol. The number of allylic oxidation sites excluding steroid dienone is 5. The molecule has 0 bridgehead atoms. The van der Waals surface area contributed by atoms with Gasteiger partial charge in [-0.3, -0.25) is 0 Å². The maximum atomic E-state index is 3.83. The fourth-order valence-corrected chi connectivity index (χ4v) is 5.79. The summed E-state index contributed by atoms with van der Waals surface area (Å²) in [7, 11) is -0.990. The highest BCUT2D eigenvalue weighted by atomic mass is 28.3. The van der Waals surface area contributed by atoms with Crippen molar-refractivity contribution >= 4 is 8.07 Å². The maximum absolute atomic E-state index is 3.83. The van der Waals surface area contributed by atoms with Gasteiger partial charge >= 0.3 is 0 Å². The summed E-state index contributed by atoms with van der Waals surface area (Å²) in [6, 6.07) is 1.41. The number of unbranched alkanes of at least 4 members (excludes halogenated alkanes) is 5. The molecule has 1 heteroatoms. The normalized spacial score (nSPS) is 15.3. The fraction of sp³-hybridized carbons (Fsp3) is 0.750. The number of rotatable bonds is 15. The summed E-state index contributed by atoms with van der Waals surface area (Å²) in [5, 5.41) is 0. The standard InChI is InChI=1S/C24H46Si/c1-8-9-19-24(23(4)21-25(5,6)7)20-17-15-13-11-10-12-14-16-18-22(2)3/h8-9,15,17,19,22-24H,1,10-14,16,18,20-21H2,2-7H3/b17-15+,19-9+. The summed E-state index contributed by atoms with van der Waals surface area (Å²) in [6.07, 6.45) is 22.1. The van der Waals surface area contributed by atoms with E-state index in [1.807, 2.05) is 6.08 Å². The van der Waals surface area contributed by atoms with Gasteiger partial charge in [-0.15, -0.1) is 0 Å². The van der Waals surface area contributed by atoms with E-state index in [2.05, 4.69) is 71.3 Å². The Balaban J connectivity index is 4.01. The summed E-state index contributed by atoms with van der Waals surface area (Å²) >= 11 is 0. The van der Waals surface area contributed by atoms with Crippen molar-refractivity contribution in [2.24, 2.45) is 17.8 Å². The van der Waals surface area contributed by atoms with Crippen LogP contribution in [0.5, 0.6) is 0 Å². The zero-order chi connectivity index (χ0) is 19.1. The molecule has 0 aliphatic rings. The van der Waals surface area contributed by atoms with E-state index in [0.29, 0.717) is 5.92 Å². The second-order valence-electron chi connectivity index (χ2n) is 9.47. The van der Waals surface area contributed by atoms with Gasteiger partial charge in [0.25, 0.3) is 0 Å². The third-order valence-electron chi connectivity index (χ3n) is 4.89. The molecule has 2 atom stereocenters. The Morgan fingerprint density at radius 1 is 0.880 bits per heavy atom. The van der Waals surface area contributed by atoms with E-state index in [1.165, 1.54) is 57.4 Å². The van der Waals surface area contributed by atoms with Crippen LogP contribution in [0, 0.1) is 17.8 Å². The molecule has 0 aliphatic heterocycles. The first-order valence-corrected chi connectivity index (χ1v) is 14.4. The number of hydrogen-bond donors (Lipinski definition) is 0. The van der Waals surface area contributed by atoms with E-state index in [4.69, 9.17) is 0 Å². The van der Waals surface area contributed by atoms with E-state index >= 15 is 0 Å². The van der Waals surface area contributed by atoms with Crippen LogP contribution < -0.4 is 0 Å². The van der Waals surface area contributed by atoms with E-state index in [0.717, 1.165) is 11.8 Å². The van der Waals surface area contributed by atoms with Crippen LogP contribution in [0.25, 0.3) is 0 Å². The first-order chi connectivity index (χ1) is 11.8. The summed E-state index contributed by atoms with van der Waals surface area (Å²) in [4.78, 5) is 0. The Labute approximate surface area is 160 Å². The van der Waals surface area contributed by atoms with E-state index in [-0.39, 0.29) is 0 Å². The van der Waals surface area contributed by atoms with Crippen molar-refractivity contribution in [3.63, 3.8) is 0 Å². The van der Waals surface area contributed by atoms with Crippen molar-refractivity contribution in [2.75, 3.05) is 0 Å².